The van der Waals surface area contributed by atoms with E-state index in [-0.39, 0.29) is 6.61 Å². The lowest BCUT2D eigenvalue weighted by atomic mass is 10.2. The lowest BCUT2D eigenvalue weighted by Crippen LogP contribution is -2.04. The van der Waals surface area contributed by atoms with Gasteiger partial charge >= 0.3 is 0 Å². The molecule has 0 saturated heterocycles. The zero-order chi connectivity index (χ0) is 19.8. The molecule has 0 aliphatic heterocycles. The SMILES string of the molecule is COc1ccc2c(OCc3nnc4ccc(-c5ccc(Cl)s5)nn34)ccnc2c1. The summed E-state index contributed by atoms with van der Waals surface area (Å²) in [7, 11) is 1.63. The van der Waals surface area contributed by atoms with Crippen LogP contribution in [0.2, 0.25) is 4.34 Å². The van der Waals surface area contributed by atoms with Crippen molar-refractivity contribution in [3.8, 4) is 22.1 Å². The van der Waals surface area contributed by atoms with Gasteiger partial charge in [-0.05, 0) is 42.5 Å². The summed E-state index contributed by atoms with van der Waals surface area (Å²) in [6, 6.07) is 15.1. The Morgan fingerprint density at radius 3 is 2.83 bits per heavy atom. The van der Waals surface area contributed by atoms with Gasteiger partial charge in [-0.2, -0.15) is 9.61 Å². The van der Waals surface area contributed by atoms with E-state index in [0.29, 0.717) is 17.2 Å². The third-order valence-electron chi connectivity index (χ3n) is 4.42. The number of benzene rings is 1. The van der Waals surface area contributed by atoms with Crippen molar-refractivity contribution in [3.05, 3.63) is 64.9 Å². The fraction of sp³-hybridized carbons (Fsp3) is 0.100. The number of fused-ring (bicyclic) bond motifs is 2. The number of rotatable bonds is 5. The zero-order valence-corrected chi connectivity index (χ0v) is 16.8. The van der Waals surface area contributed by atoms with E-state index in [0.717, 1.165) is 31.6 Å². The Hall–Kier alpha value is -3.23. The summed E-state index contributed by atoms with van der Waals surface area (Å²) in [5.41, 5.74) is 2.25. The normalized spacial score (nSPS) is 11.2. The number of nitrogens with zero attached hydrogens (tertiary/aromatic N) is 5. The molecule has 1 aromatic carbocycles. The Morgan fingerprint density at radius 1 is 1.07 bits per heavy atom. The second-order valence-corrected chi connectivity index (χ2v) is 7.90. The molecule has 0 bridgehead atoms. The molecular formula is C20H14ClN5O2S. The minimum Gasteiger partial charge on any atom is -0.497 e. The quantitative estimate of drug-likeness (QED) is 0.410. The van der Waals surface area contributed by atoms with E-state index in [9.17, 15) is 0 Å². The van der Waals surface area contributed by atoms with Crippen LogP contribution in [0.15, 0.2) is 54.7 Å². The first-order chi connectivity index (χ1) is 14.2. The number of ether oxygens (including phenoxy) is 2. The molecule has 4 heterocycles. The van der Waals surface area contributed by atoms with Crippen LogP contribution < -0.4 is 9.47 Å². The molecule has 0 spiro atoms. The van der Waals surface area contributed by atoms with Gasteiger partial charge in [0.2, 0.25) is 0 Å². The van der Waals surface area contributed by atoms with Crippen LogP contribution >= 0.6 is 22.9 Å². The third-order valence-corrected chi connectivity index (χ3v) is 5.67. The summed E-state index contributed by atoms with van der Waals surface area (Å²) in [5, 5.41) is 13.9. The van der Waals surface area contributed by atoms with Gasteiger partial charge in [0.15, 0.2) is 11.5 Å². The molecule has 0 radical (unpaired) electrons. The maximum atomic E-state index is 6.05. The Labute approximate surface area is 174 Å². The van der Waals surface area contributed by atoms with E-state index in [1.807, 2.05) is 48.5 Å². The average Bonchev–Trinajstić information content (AvgIpc) is 3.37. The summed E-state index contributed by atoms with van der Waals surface area (Å²) >= 11 is 7.52. The molecule has 0 unspecified atom stereocenters. The number of halogens is 1. The number of pyridine rings is 1. The van der Waals surface area contributed by atoms with Crippen LogP contribution in [0, 0.1) is 0 Å². The van der Waals surface area contributed by atoms with E-state index in [4.69, 9.17) is 21.1 Å². The largest absolute Gasteiger partial charge is 0.497 e. The van der Waals surface area contributed by atoms with Gasteiger partial charge in [-0.15, -0.1) is 21.5 Å². The third kappa shape index (κ3) is 3.37. The van der Waals surface area contributed by atoms with E-state index in [2.05, 4.69) is 20.3 Å². The summed E-state index contributed by atoms with van der Waals surface area (Å²) in [4.78, 5) is 5.36. The molecule has 0 aliphatic rings. The van der Waals surface area contributed by atoms with Crippen molar-refractivity contribution in [3.63, 3.8) is 0 Å². The highest BCUT2D eigenvalue weighted by Gasteiger charge is 2.12. The van der Waals surface area contributed by atoms with Gasteiger partial charge < -0.3 is 9.47 Å². The Balaban J connectivity index is 1.46. The Bertz CT molecular complexity index is 1330. The molecule has 0 N–H and O–H groups in total. The predicted molar refractivity (Wildman–Crippen MR) is 112 cm³/mol. The number of thiophene rings is 1. The van der Waals surface area contributed by atoms with Crippen molar-refractivity contribution in [1.82, 2.24) is 24.8 Å². The van der Waals surface area contributed by atoms with E-state index >= 15 is 0 Å². The number of aromatic nitrogens is 5. The standard InChI is InChI=1S/C20H14ClN5O2S/c1-27-12-2-3-13-15(10-12)22-9-8-16(13)28-11-20-24-23-19-7-4-14(25-26(19)20)17-5-6-18(21)29-17/h2-10H,11H2,1H3. The Morgan fingerprint density at radius 2 is 2.00 bits per heavy atom. The second kappa shape index (κ2) is 7.31. The van der Waals surface area contributed by atoms with Gasteiger partial charge in [0.1, 0.15) is 23.8 Å². The number of hydrogen-bond donors (Lipinski definition) is 0. The lowest BCUT2D eigenvalue weighted by Gasteiger charge is -2.09. The van der Waals surface area contributed by atoms with Crippen molar-refractivity contribution in [2.45, 2.75) is 6.61 Å². The summed E-state index contributed by atoms with van der Waals surface area (Å²) in [6.45, 7) is 0.216. The topological polar surface area (TPSA) is 74.4 Å². The minimum absolute atomic E-state index is 0.216. The highest BCUT2D eigenvalue weighted by Crippen LogP contribution is 2.30. The van der Waals surface area contributed by atoms with E-state index in [1.165, 1.54) is 11.3 Å². The van der Waals surface area contributed by atoms with Gasteiger partial charge in [-0.1, -0.05) is 11.6 Å². The molecule has 5 aromatic rings. The second-order valence-electron chi connectivity index (χ2n) is 6.19. The highest BCUT2D eigenvalue weighted by atomic mass is 35.5. The van der Waals surface area contributed by atoms with Crippen LogP contribution in [0.1, 0.15) is 5.82 Å². The first-order valence-electron chi connectivity index (χ1n) is 8.74. The van der Waals surface area contributed by atoms with Crippen molar-refractivity contribution >= 4 is 39.5 Å². The molecule has 29 heavy (non-hydrogen) atoms. The van der Waals surface area contributed by atoms with Gasteiger partial charge in [0.05, 0.1) is 21.8 Å². The summed E-state index contributed by atoms with van der Waals surface area (Å²) in [6.07, 6.45) is 1.70. The molecule has 0 aliphatic carbocycles. The van der Waals surface area contributed by atoms with Crippen LogP contribution in [0.3, 0.4) is 0 Å². The number of hydrogen-bond acceptors (Lipinski definition) is 7. The van der Waals surface area contributed by atoms with Crippen LogP contribution in [0.5, 0.6) is 11.5 Å². The lowest BCUT2D eigenvalue weighted by molar-refractivity contribution is 0.296. The van der Waals surface area contributed by atoms with Gasteiger partial charge in [-0.25, -0.2) is 0 Å². The maximum absolute atomic E-state index is 6.05. The molecule has 5 rings (SSSR count). The molecule has 144 valence electrons. The van der Waals surface area contributed by atoms with Gasteiger partial charge in [0.25, 0.3) is 0 Å². The zero-order valence-electron chi connectivity index (χ0n) is 15.2. The first kappa shape index (κ1) is 17.8. The Kier molecular flexibility index (Phi) is 4.49. The number of methoxy groups -OCH3 is 1. The molecule has 0 amide bonds. The van der Waals surface area contributed by atoms with Crippen LogP contribution in [0.4, 0.5) is 0 Å². The van der Waals surface area contributed by atoms with Gasteiger partial charge in [0, 0.05) is 17.6 Å². The molecule has 0 atom stereocenters. The van der Waals surface area contributed by atoms with E-state index in [1.54, 1.807) is 17.8 Å². The van der Waals surface area contributed by atoms with Crippen LogP contribution in [0.25, 0.3) is 27.1 Å². The summed E-state index contributed by atoms with van der Waals surface area (Å²) in [5.74, 6) is 2.05. The van der Waals surface area contributed by atoms with Crippen LogP contribution in [-0.4, -0.2) is 31.9 Å². The fourth-order valence-corrected chi connectivity index (χ4v) is 4.01. The molecule has 4 aromatic heterocycles. The van der Waals surface area contributed by atoms with Crippen molar-refractivity contribution in [2.24, 2.45) is 0 Å². The van der Waals surface area contributed by atoms with Crippen molar-refractivity contribution < 1.29 is 9.47 Å². The molecule has 0 saturated carbocycles. The van der Waals surface area contributed by atoms with E-state index < -0.39 is 0 Å². The smallest absolute Gasteiger partial charge is 0.192 e. The van der Waals surface area contributed by atoms with Crippen molar-refractivity contribution in [1.29, 1.82) is 0 Å². The average molecular weight is 424 g/mol. The maximum Gasteiger partial charge on any atom is 0.192 e. The summed E-state index contributed by atoms with van der Waals surface area (Å²) < 4.78 is 13.7. The highest BCUT2D eigenvalue weighted by molar-refractivity contribution is 7.19. The van der Waals surface area contributed by atoms with Crippen molar-refractivity contribution in [2.75, 3.05) is 7.11 Å². The molecule has 9 heteroatoms. The monoisotopic (exact) mass is 423 g/mol. The molecular weight excluding hydrogens is 410 g/mol. The molecule has 0 fully saturated rings. The predicted octanol–water partition coefficient (Wildman–Crippen LogP) is 4.64. The van der Waals surface area contributed by atoms with Crippen LogP contribution in [-0.2, 0) is 6.61 Å². The first-order valence-corrected chi connectivity index (χ1v) is 9.93. The minimum atomic E-state index is 0.216. The fourth-order valence-electron chi connectivity index (χ4n) is 3.00. The molecule has 7 nitrogen and oxygen atoms in total. The van der Waals surface area contributed by atoms with Gasteiger partial charge in [-0.3, -0.25) is 4.98 Å².